The van der Waals surface area contributed by atoms with Gasteiger partial charge in [0, 0.05) is 29.4 Å². The molecule has 4 rings (SSSR count). The topological polar surface area (TPSA) is 61.0 Å². The van der Waals surface area contributed by atoms with Crippen LogP contribution in [0, 0.1) is 0 Å². The predicted molar refractivity (Wildman–Crippen MR) is 67.2 cm³/mol. The largest absolute Gasteiger partial charge is 0.374 e. The predicted octanol–water partition coefficient (Wildman–Crippen LogP) is 1.85. The van der Waals surface area contributed by atoms with Crippen LogP contribution in [0.4, 0.5) is 0 Å². The van der Waals surface area contributed by atoms with Gasteiger partial charge in [-0.15, -0.1) is 0 Å². The summed E-state index contributed by atoms with van der Waals surface area (Å²) in [5.74, 6) is 1.42. The van der Waals surface area contributed by atoms with E-state index in [0.29, 0.717) is 18.1 Å². The molecule has 2 N–H and O–H groups in total. The van der Waals surface area contributed by atoms with E-state index in [1.807, 2.05) is 6.20 Å². The Labute approximate surface area is 107 Å². The Hall–Kier alpha value is -1.00. The zero-order chi connectivity index (χ0) is 12.1. The standard InChI is InChI=1S/C14H19N3O/c15-11-2-1-3-12-10(11)7-16-14(17-12)9-6-8-4-5-13(9)18-8/h7-9,11,13H,1-6,15H2. The van der Waals surface area contributed by atoms with Crippen molar-refractivity contribution in [2.24, 2.45) is 5.73 Å². The molecule has 1 aromatic heterocycles. The summed E-state index contributed by atoms with van der Waals surface area (Å²) in [5, 5.41) is 0. The average Bonchev–Trinajstić information content (AvgIpc) is 3.01. The lowest BCUT2D eigenvalue weighted by Gasteiger charge is -2.23. The summed E-state index contributed by atoms with van der Waals surface area (Å²) in [6.45, 7) is 0. The molecule has 0 saturated carbocycles. The number of aromatic nitrogens is 2. The average molecular weight is 245 g/mol. The molecule has 18 heavy (non-hydrogen) atoms. The molecule has 4 atom stereocenters. The van der Waals surface area contributed by atoms with Gasteiger partial charge in [0.15, 0.2) is 0 Å². The van der Waals surface area contributed by atoms with Crippen LogP contribution in [0.15, 0.2) is 6.20 Å². The number of hydrogen-bond acceptors (Lipinski definition) is 4. The fraction of sp³-hybridized carbons (Fsp3) is 0.714. The number of hydrogen-bond donors (Lipinski definition) is 1. The van der Waals surface area contributed by atoms with Crippen molar-refractivity contribution in [2.45, 2.75) is 62.7 Å². The van der Waals surface area contributed by atoms with Gasteiger partial charge in [-0.1, -0.05) is 0 Å². The lowest BCUT2D eigenvalue weighted by Crippen LogP contribution is -2.22. The maximum absolute atomic E-state index is 6.11. The fourth-order valence-electron chi connectivity index (χ4n) is 3.68. The lowest BCUT2D eigenvalue weighted by molar-refractivity contribution is 0.0998. The zero-order valence-corrected chi connectivity index (χ0v) is 10.5. The van der Waals surface area contributed by atoms with Gasteiger partial charge >= 0.3 is 0 Å². The smallest absolute Gasteiger partial charge is 0.134 e. The molecule has 4 unspecified atom stereocenters. The first-order valence-electron chi connectivity index (χ1n) is 7.08. The molecule has 4 heteroatoms. The third-order valence-corrected chi connectivity index (χ3v) is 4.68. The molecule has 4 nitrogen and oxygen atoms in total. The number of aryl methyl sites for hydroxylation is 1. The lowest BCUT2D eigenvalue weighted by atomic mass is 9.87. The fourth-order valence-corrected chi connectivity index (χ4v) is 3.68. The maximum atomic E-state index is 6.11. The molecule has 2 aliphatic heterocycles. The molecule has 0 radical (unpaired) electrons. The number of rotatable bonds is 1. The third kappa shape index (κ3) is 1.59. The Morgan fingerprint density at radius 3 is 3.00 bits per heavy atom. The molecule has 2 bridgehead atoms. The summed E-state index contributed by atoms with van der Waals surface area (Å²) >= 11 is 0. The summed E-state index contributed by atoms with van der Waals surface area (Å²) in [6, 6.07) is 0.138. The molecule has 3 heterocycles. The molecule has 2 saturated heterocycles. The van der Waals surface area contributed by atoms with Crippen LogP contribution >= 0.6 is 0 Å². The summed E-state index contributed by atoms with van der Waals surface area (Å²) in [7, 11) is 0. The van der Waals surface area contributed by atoms with Crippen molar-refractivity contribution in [1.29, 1.82) is 0 Å². The molecule has 96 valence electrons. The van der Waals surface area contributed by atoms with E-state index in [1.54, 1.807) is 0 Å². The zero-order valence-electron chi connectivity index (χ0n) is 10.5. The molecular weight excluding hydrogens is 226 g/mol. The van der Waals surface area contributed by atoms with Gasteiger partial charge in [-0.25, -0.2) is 9.97 Å². The van der Waals surface area contributed by atoms with Crippen LogP contribution in [0.25, 0.3) is 0 Å². The highest BCUT2D eigenvalue weighted by atomic mass is 16.5. The Morgan fingerprint density at radius 1 is 1.28 bits per heavy atom. The Balaban J connectivity index is 1.66. The molecule has 0 amide bonds. The Bertz CT molecular complexity index is 476. The van der Waals surface area contributed by atoms with E-state index in [4.69, 9.17) is 15.5 Å². The molecule has 1 aromatic rings. The van der Waals surface area contributed by atoms with E-state index in [-0.39, 0.29) is 6.04 Å². The van der Waals surface area contributed by atoms with Gasteiger partial charge in [0.05, 0.1) is 12.2 Å². The number of nitrogens with zero attached hydrogens (tertiary/aromatic N) is 2. The monoisotopic (exact) mass is 245 g/mol. The normalized spacial score (nSPS) is 37.8. The van der Waals surface area contributed by atoms with E-state index < -0.39 is 0 Å². The first kappa shape index (κ1) is 10.9. The highest BCUT2D eigenvalue weighted by Gasteiger charge is 2.43. The van der Waals surface area contributed by atoms with Gasteiger partial charge in [0.1, 0.15) is 5.82 Å². The summed E-state index contributed by atoms with van der Waals surface area (Å²) in [6.07, 6.45) is 9.56. The summed E-state index contributed by atoms with van der Waals surface area (Å²) < 4.78 is 5.90. The molecule has 0 spiro atoms. The highest BCUT2D eigenvalue weighted by Crippen LogP contribution is 2.43. The van der Waals surface area contributed by atoms with E-state index in [0.717, 1.165) is 37.1 Å². The van der Waals surface area contributed by atoms with Crippen molar-refractivity contribution in [3.05, 3.63) is 23.3 Å². The highest BCUT2D eigenvalue weighted by molar-refractivity contribution is 5.25. The molecule has 2 fully saturated rings. The van der Waals surface area contributed by atoms with Crippen molar-refractivity contribution < 1.29 is 4.74 Å². The summed E-state index contributed by atoms with van der Waals surface area (Å²) in [4.78, 5) is 9.37. The van der Waals surface area contributed by atoms with Crippen molar-refractivity contribution >= 4 is 0 Å². The van der Waals surface area contributed by atoms with Crippen molar-refractivity contribution in [2.75, 3.05) is 0 Å². The van der Waals surface area contributed by atoms with Gasteiger partial charge in [0.2, 0.25) is 0 Å². The van der Waals surface area contributed by atoms with Crippen LogP contribution < -0.4 is 5.73 Å². The molecule has 0 aromatic carbocycles. The van der Waals surface area contributed by atoms with Crippen LogP contribution in [-0.4, -0.2) is 22.2 Å². The number of nitrogens with two attached hydrogens (primary N) is 1. The molecule has 1 aliphatic carbocycles. The third-order valence-electron chi connectivity index (χ3n) is 4.68. The second-order valence-corrected chi connectivity index (χ2v) is 5.85. The Kier molecular flexibility index (Phi) is 2.42. The SMILES string of the molecule is NC1CCCc2nc(C3CC4CCC3O4)ncc21. The van der Waals surface area contributed by atoms with Crippen LogP contribution in [0.5, 0.6) is 0 Å². The second-order valence-electron chi connectivity index (χ2n) is 5.85. The van der Waals surface area contributed by atoms with Crippen molar-refractivity contribution in [1.82, 2.24) is 9.97 Å². The van der Waals surface area contributed by atoms with Crippen LogP contribution in [0.2, 0.25) is 0 Å². The van der Waals surface area contributed by atoms with E-state index in [2.05, 4.69) is 4.98 Å². The van der Waals surface area contributed by atoms with Crippen molar-refractivity contribution in [3.63, 3.8) is 0 Å². The van der Waals surface area contributed by atoms with E-state index >= 15 is 0 Å². The first-order valence-corrected chi connectivity index (χ1v) is 7.08. The number of ether oxygens (including phenoxy) is 1. The second kappa shape index (κ2) is 4.00. The summed E-state index contributed by atoms with van der Waals surface area (Å²) in [5.41, 5.74) is 8.45. The minimum atomic E-state index is 0.138. The quantitative estimate of drug-likeness (QED) is 0.820. The van der Waals surface area contributed by atoms with Gasteiger partial charge in [-0.05, 0) is 38.5 Å². The van der Waals surface area contributed by atoms with Gasteiger partial charge < -0.3 is 10.5 Å². The minimum absolute atomic E-state index is 0.138. The van der Waals surface area contributed by atoms with E-state index in [1.165, 1.54) is 18.5 Å². The number of fused-ring (bicyclic) bond motifs is 3. The minimum Gasteiger partial charge on any atom is -0.374 e. The molecule has 3 aliphatic rings. The first-order chi connectivity index (χ1) is 8.81. The Morgan fingerprint density at radius 2 is 2.22 bits per heavy atom. The molecular formula is C14H19N3O. The van der Waals surface area contributed by atoms with Gasteiger partial charge in [-0.2, -0.15) is 0 Å². The van der Waals surface area contributed by atoms with Crippen LogP contribution in [0.3, 0.4) is 0 Å². The van der Waals surface area contributed by atoms with Gasteiger partial charge in [0.25, 0.3) is 0 Å². The van der Waals surface area contributed by atoms with Gasteiger partial charge in [-0.3, -0.25) is 0 Å². The van der Waals surface area contributed by atoms with Crippen molar-refractivity contribution in [3.8, 4) is 0 Å². The van der Waals surface area contributed by atoms with Crippen LogP contribution in [0.1, 0.15) is 61.1 Å². The van der Waals surface area contributed by atoms with E-state index in [9.17, 15) is 0 Å². The maximum Gasteiger partial charge on any atom is 0.134 e. The van der Waals surface area contributed by atoms with Crippen LogP contribution in [-0.2, 0) is 11.2 Å².